The van der Waals surface area contributed by atoms with E-state index in [0.29, 0.717) is 12.5 Å². The molecule has 116 valence electrons. The van der Waals surface area contributed by atoms with Gasteiger partial charge < -0.3 is 5.32 Å². The minimum Gasteiger partial charge on any atom is -0.352 e. The first-order chi connectivity index (χ1) is 10.6. The Bertz CT molecular complexity index is 608. The average molecular weight is 295 g/mol. The van der Waals surface area contributed by atoms with Crippen LogP contribution in [0.5, 0.6) is 0 Å². The summed E-state index contributed by atoms with van der Waals surface area (Å²) < 4.78 is 0. The highest BCUT2D eigenvalue weighted by molar-refractivity contribution is 5.77. The molecule has 0 aliphatic heterocycles. The molecule has 2 heteroatoms. The third-order valence-corrected chi connectivity index (χ3v) is 3.98. The predicted molar refractivity (Wildman–Crippen MR) is 93.6 cm³/mol. The molecule has 1 aromatic carbocycles. The van der Waals surface area contributed by atoms with Crippen molar-refractivity contribution < 1.29 is 4.79 Å². The molecule has 0 spiro atoms. The largest absolute Gasteiger partial charge is 0.352 e. The van der Waals surface area contributed by atoms with E-state index in [0.717, 1.165) is 6.42 Å². The van der Waals surface area contributed by atoms with Crippen molar-refractivity contribution in [3.8, 4) is 0 Å². The van der Waals surface area contributed by atoms with Crippen LogP contribution >= 0.6 is 0 Å². The lowest BCUT2D eigenvalue weighted by Crippen LogP contribution is -2.27. The zero-order valence-electron chi connectivity index (χ0n) is 13.7. The van der Waals surface area contributed by atoms with Crippen LogP contribution in [-0.4, -0.2) is 12.5 Å². The molecule has 2 rings (SSSR count). The Morgan fingerprint density at radius 1 is 1.23 bits per heavy atom. The predicted octanol–water partition coefficient (Wildman–Crippen LogP) is 4.46. The number of allylic oxidation sites excluding steroid dienone is 4. The molecule has 0 aromatic heterocycles. The second-order valence-corrected chi connectivity index (χ2v) is 6.06. The van der Waals surface area contributed by atoms with Gasteiger partial charge in [-0.05, 0) is 24.5 Å². The quantitative estimate of drug-likeness (QED) is 0.771. The van der Waals surface area contributed by atoms with E-state index >= 15 is 0 Å². The molecule has 1 N–H and O–H groups in total. The van der Waals surface area contributed by atoms with Crippen molar-refractivity contribution in [1.82, 2.24) is 5.32 Å². The first-order valence-corrected chi connectivity index (χ1v) is 7.96. The van der Waals surface area contributed by atoms with Crippen molar-refractivity contribution in [1.29, 1.82) is 0 Å². The maximum absolute atomic E-state index is 11.4. The van der Waals surface area contributed by atoms with Gasteiger partial charge in [0.25, 0.3) is 0 Å². The van der Waals surface area contributed by atoms with Crippen molar-refractivity contribution in [2.24, 2.45) is 5.92 Å². The summed E-state index contributed by atoms with van der Waals surface area (Å²) in [4.78, 5) is 11.4. The van der Waals surface area contributed by atoms with Gasteiger partial charge in [-0.1, -0.05) is 74.1 Å². The smallest absolute Gasteiger partial charge is 0.222 e. The normalized spacial score (nSPS) is 17.3. The van der Waals surface area contributed by atoms with Crippen LogP contribution in [0.25, 0.3) is 6.08 Å². The van der Waals surface area contributed by atoms with Gasteiger partial charge >= 0.3 is 0 Å². The molecule has 0 radical (unpaired) electrons. The van der Waals surface area contributed by atoms with Crippen LogP contribution in [0.4, 0.5) is 0 Å². The van der Waals surface area contributed by atoms with E-state index in [1.807, 2.05) is 26.0 Å². The molecule has 2 nitrogen and oxygen atoms in total. The number of carbonyl (C=O) groups excluding carboxylic acids is 1. The summed E-state index contributed by atoms with van der Waals surface area (Å²) in [6.07, 6.45) is 11.5. The molecule has 1 unspecified atom stereocenters. The van der Waals surface area contributed by atoms with Crippen molar-refractivity contribution in [3.63, 3.8) is 0 Å². The van der Waals surface area contributed by atoms with Crippen molar-refractivity contribution >= 4 is 12.0 Å². The highest BCUT2D eigenvalue weighted by Crippen LogP contribution is 2.38. The van der Waals surface area contributed by atoms with Crippen LogP contribution < -0.4 is 5.32 Å². The Morgan fingerprint density at radius 3 is 2.73 bits per heavy atom. The van der Waals surface area contributed by atoms with E-state index in [4.69, 9.17) is 0 Å². The summed E-state index contributed by atoms with van der Waals surface area (Å²) in [6, 6.07) is 8.60. The minimum atomic E-state index is 0.0427. The summed E-state index contributed by atoms with van der Waals surface area (Å²) in [5.41, 5.74) is 4.21. The molecule has 0 heterocycles. The van der Waals surface area contributed by atoms with Crippen LogP contribution in [-0.2, 0) is 4.79 Å². The lowest BCUT2D eigenvalue weighted by molar-refractivity contribution is -0.123. The monoisotopic (exact) mass is 295 g/mol. The van der Waals surface area contributed by atoms with E-state index in [9.17, 15) is 4.79 Å². The number of fused-ring (bicyclic) bond motifs is 1. The summed E-state index contributed by atoms with van der Waals surface area (Å²) in [6.45, 7) is 6.59. The summed E-state index contributed by atoms with van der Waals surface area (Å²) >= 11 is 0. The van der Waals surface area contributed by atoms with E-state index in [1.165, 1.54) is 16.7 Å². The van der Waals surface area contributed by atoms with Gasteiger partial charge in [0.15, 0.2) is 0 Å². The number of hydrogen-bond acceptors (Lipinski definition) is 1. The van der Waals surface area contributed by atoms with E-state index in [-0.39, 0.29) is 11.8 Å². The number of rotatable bonds is 6. The van der Waals surface area contributed by atoms with Crippen LogP contribution in [0.1, 0.15) is 44.2 Å². The van der Waals surface area contributed by atoms with Crippen LogP contribution in [0.15, 0.2) is 54.1 Å². The van der Waals surface area contributed by atoms with Crippen LogP contribution in [0.3, 0.4) is 0 Å². The highest BCUT2D eigenvalue weighted by Gasteiger charge is 2.20. The first-order valence-electron chi connectivity index (χ1n) is 7.96. The molecule has 0 fully saturated rings. The fourth-order valence-corrected chi connectivity index (χ4v) is 2.67. The van der Waals surface area contributed by atoms with Gasteiger partial charge in [0, 0.05) is 18.4 Å². The van der Waals surface area contributed by atoms with Gasteiger partial charge in [-0.15, -0.1) is 0 Å². The summed E-state index contributed by atoms with van der Waals surface area (Å²) in [7, 11) is 0. The van der Waals surface area contributed by atoms with Gasteiger partial charge in [-0.3, -0.25) is 4.79 Å². The summed E-state index contributed by atoms with van der Waals surface area (Å²) in [5, 5.41) is 2.87. The van der Waals surface area contributed by atoms with Gasteiger partial charge in [0.2, 0.25) is 5.91 Å². The number of nitrogens with one attached hydrogen (secondary N) is 1. The third kappa shape index (κ3) is 4.20. The standard InChI is InChI=1S/C20H25NO/c1-15(2)20(22)21-13-9-5-4-6-11-18-16(3)14-17-10-7-8-12-19(17)18/h4-10,12,14-15,18H,11,13H2,1-3H3,(H,21,22). The maximum atomic E-state index is 11.4. The van der Waals surface area contributed by atoms with Crippen LogP contribution in [0, 0.1) is 5.92 Å². The zero-order valence-corrected chi connectivity index (χ0v) is 13.7. The van der Waals surface area contributed by atoms with Crippen molar-refractivity contribution in [3.05, 3.63) is 65.3 Å². The second-order valence-electron chi connectivity index (χ2n) is 6.06. The summed E-state index contributed by atoms with van der Waals surface area (Å²) in [5.74, 6) is 0.639. The highest BCUT2D eigenvalue weighted by atomic mass is 16.1. The van der Waals surface area contributed by atoms with E-state index in [1.54, 1.807) is 0 Å². The molecule has 22 heavy (non-hydrogen) atoms. The van der Waals surface area contributed by atoms with Crippen molar-refractivity contribution in [2.75, 3.05) is 6.54 Å². The Balaban J connectivity index is 1.79. The molecule has 0 saturated carbocycles. The minimum absolute atomic E-state index is 0.0427. The van der Waals surface area contributed by atoms with Crippen molar-refractivity contribution in [2.45, 2.75) is 33.1 Å². The van der Waals surface area contributed by atoms with E-state index < -0.39 is 0 Å². The van der Waals surface area contributed by atoms with Gasteiger partial charge in [-0.25, -0.2) is 0 Å². The fourth-order valence-electron chi connectivity index (χ4n) is 2.67. The molecule has 1 amide bonds. The van der Waals surface area contributed by atoms with Crippen LogP contribution in [0.2, 0.25) is 0 Å². The Morgan fingerprint density at radius 2 is 1.95 bits per heavy atom. The Hall–Kier alpha value is -2.09. The first kappa shape index (κ1) is 16.3. The van der Waals surface area contributed by atoms with Gasteiger partial charge in [0.1, 0.15) is 0 Å². The maximum Gasteiger partial charge on any atom is 0.222 e. The zero-order chi connectivity index (χ0) is 15.9. The fraction of sp³-hybridized carbons (Fsp3) is 0.350. The van der Waals surface area contributed by atoms with Gasteiger partial charge in [-0.2, -0.15) is 0 Å². The average Bonchev–Trinajstić information content (AvgIpc) is 2.81. The third-order valence-electron chi connectivity index (χ3n) is 3.98. The SMILES string of the molecule is CC1=Cc2ccccc2C1CC=CC=CCNC(=O)C(C)C. The Labute approximate surface area is 133 Å². The molecule has 0 saturated heterocycles. The number of benzene rings is 1. The number of amides is 1. The number of hydrogen-bond donors (Lipinski definition) is 1. The molecule has 1 aromatic rings. The topological polar surface area (TPSA) is 29.1 Å². The molecular formula is C20H25NO. The molecule has 1 aliphatic carbocycles. The number of carbonyl (C=O) groups is 1. The molecular weight excluding hydrogens is 270 g/mol. The molecule has 1 aliphatic rings. The Kier molecular flexibility index (Phi) is 5.76. The molecule has 0 bridgehead atoms. The molecule has 1 atom stereocenters. The van der Waals surface area contributed by atoms with Gasteiger partial charge in [0.05, 0.1) is 0 Å². The second kappa shape index (κ2) is 7.79. The lowest BCUT2D eigenvalue weighted by atomic mass is 9.93. The lowest BCUT2D eigenvalue weighted by Gasteiger charge is -2.11. The van der Waals surface area contributed by atoms with E-state index in [2.05, 4.69) is 54.7 Å².